The predicted octanol–water partition coefficient (Wildman–Crippen LogP) is 1.75. The van der Waals surface area contributed by atoms with Crippen molar-refractivity contribution in [2.75, 3.05) is 0 Å². The van der Waals surface area contributed by atoms with Gasteiger partial charge in [-0.2, -0.15) is 0 Å². The summed E-state index contributed by atoms with van der Waals surface area (Å²) >= 11 is 0. The summed E-state index contributed by atoms with van der Waals surface area (Å²) in [6.45, 7) is 4.48. The van der Waals surface area contributed by atoms with E-state index in [2.05, 4.69) is 0 Å². The van der Waals surface area contributed by atoms with Crippen molar-refractivity contribution in [1.29, 1.82) is 0 Å². The summed E-state index contributed by atoms with van der Waals surface area (Å²) in [5, 5.41) is 44.0. The minimum Gasteiger partial charge on any atom is -0.507 e. The third-order valence-corrected chi connectivity index (χ3v) is 7.82. The standard InChI is InChI=1S/C27H29NO9.ClH/c1-10-5-4-6-13-18(10)25(33)21-20(23(13)31)24(32)14-8-27(35,12(3)29)9-16(19(14)26(21)34)37-17-7-15(28)22(30)11(2)36-17;/h4-6,11,15-17,22,30,32,34-35H,7-9,28H2,1-3H3;1H/t11?,15-,16+,17+,22-,27+;/m1./s1. The van der Waals surface area contributed by atoms with E-state index in [-0.39, 0.29) is 58.6 Å². The van der Waals surface area contributed by atoms with Crippen molar-refractivity contribution in [3.05, 3.63) is 57.1 Å². The number of hydrogen-bond donors (Lipinski definition) is 5. The molecule has 1 fully saturated rings. The SMILES string of the molecule is CC(=O)[C@]1(O)Cc2c(O)c3c(c(O)c2[C@@H](O[C@H]2C[C@@H](N)[C@H](O)C(C)O2)C1)C(=O)c1c(C)cccc1C3=O.Cl. The van der Waals surface area contributed by atoms with Gasteiger partial charge < -0.3 is 35.6 Å². The highest BCUT2D eigenvalue weighted by Gasteiger charge is 2.49. The Morgan fingerprint density at radius 1 is 1.13 bits per heavy atom. The van der Waals surface area contributed by atoms with Gasteiger partial charge in [0.2, 0.25) is 0 Å². The molecule has 3 aliphatic rings. The van der Waals surface area contributed by atoms with E-state index in [1.54, 1.807) is 26.0 Å². The van der Waals surface area contributed by atoms with Gasteiger partial charge in [0.05, 0.1) is 29.4 Å². The summed E-state index contributed by atoms with van der Waals surface area (Å²) < 4.78 is 11.8. The Bertz CT molecular complexity index is 1350. The van der Waals surface area contributed by atoms with E-state index in [9.17, 15) is 34.8 Å². The van der Waals surface area contributed by atoms with Gasteiger partial charge in [-0.3, -0.25) is 14.4 Å². The number of aryl methyl sites for hydroxylation is 1. The Hall–Kier alpha value is -2.86. The van der Waals surface area contributed by atoms with Crippen molar-refractivity contribution >= 4 is 29.8 Å². The molecule has 6 atom stereocenters. The molecule has 6 N–H and O–H groups in total. The van der Waals surface area contributed by atoms with Gasteiger partial charge in [-0.15, -0.1) is 12.4 Å². The minimum atomic E-state index is -1.98. The van der Waals surface area contributed by atoms with E-state index in [0.717, 1.165) is 0 Å². The zero-order valence-corrected chi connectivity index (χ0v) is 21.9. The number of carbonyl (C=O) groups excluding carboxylic acids is 3. The molecule has 2 aromatic carbocycles. The number of benzene rings is 2. The summed E-state index contributed by atoms with van der Waals surface area (Å²) in [4.78, 5) is 39.4. The number of nitrogens with two attached hydrogens (primary N) is 1. The second kappa shape index (κ2) is 9.71. The fourth-order valence-corrected chi connectivity index (χ4v) is 5.69. The van der Waals surface area contributed by atoms with Gasteiger partial charge in [0.1, 0.15) is 17.1 Å². The van der Waals surface area contributed by atoms with Crippen LogP contribution in [0, 0.1) is 6.92 Å². The van der Waals surface area contributed by atoms with Crippen molar-refractivity contribution in [3.8, 4) is 11.5 Å². The number of phenols is 2. The maximum Gasteiger partial charge on any atom is 0.198 e. The second-order valence-electron chi connectivity index (χ2n) is 10.2. The van der Waals surface area contributed by atoms with E-state index < -0.39 is 71.5 Å². The summed E-state index contributed by atoms with van der Waals surface area (Å²) in [6.07, 6.45) is -4.39. The van der Waals surface area contributed by atoms with Gasteiger partial charge in [0.15, 0.2) is 23.6 Å². The van der Waals surface area contributed by atoms with Crippen molar-refractivity contribution in [2.45, 2.75) is 76.3 Å². The average Bonchev–Trinajstić information content (AvgIpc) is 2.82. The molecular weight excluding hydrogens is 518 g/mol. The van der Waals surface area contributed by atoms with Crippen LogP contribution in [-0.2, 0) is 20.7 Å². The molecule has 1 saturated heterocycles. The van der Waals surface area contributed by atoms with Gasteiger partial charge in [0, 0.05) is 47.6 Å². The first-order chi connectivity index (χ1) is 17.4. The molecule has 0 radical (unpaired) electrons. The fourth-order valence-electron chi connectivity index (χ4n) is 5.69. The van der Waals surface area contributed by atoms with Crippen LogP contribution in [0.25, 0.3) is 0 Å². The minimum absolute atomic E-state index is 0. The number of aliphatic hydroxyl groups is 2. The molecule has 0 amide bonds. The van der Waals surface area contributed by atoms with Gasteiger partial charge in [0.25, 0.3) is 0 Å². The Morgan fingerprint density at radius 2 is 1.79 bits per heavy atom. The number of ether oxygens (including phenoxy) is 2. The molecule has 1 unspecified atom stereocenters. The molecule has 204 valence electrons. The highest BCUT2D eigenvalue weighted by molar-refractivity contribution is 6.31. The first kappa shape index (κ1) is 28.2. The number of halogens is 1. The van der Waals surface area contributed by atoms with Crippen molar-refractivity contribution in [3.63, 3.8) is 0 Å². The largest absolute Gasteiger partial charge is 0.507 e. The second-order valence-corrected chi connectivity index (χ2v) is 10.2. The van der Waals surface area contributed by atoms with Crippen LogP contribution in [0.3, 0.4) is 0 Å². The molecule has 11 heteroatoms. The maximum atomic E-state index is 13.6. The first-order valence-electron chi connectivity index (χ1n) is 12.1. The van der Waals surface area contributed by atoms with Gasteiger partial charge >= 0.3 is 0 Å². The number of aromatic hydroxyl groups is 2. The van der Waals surface area contributed by atoms with Gasteiger partial charge in [-0.05, 0) is 26.3 Å². The molecule has 2 aliphatic carbocycles. The zero-order chi connectivity index (χ0) is 27.0. The number of Topliss-reactive ketones (excluding diaryl/α,β-unsaturated/α-hetero) is 1. The van der Waals surface area contributed by atoms with Crippen LogP contribution >= 0.6 is 12.4 Å². The lowest BCUT2D eigenvalue weighted by Crippen LogP contribution is -2.52. The topological polar surface area (TPSA) is 177 Å². The van der Waals surface area contributed by atoms with Crippen molar-refractivity contribution in [1.82, 2.24) is 0 Å². The molecule has 0 bridgehead atoms. The van der Waals surface area contributed by atoms with Gasteiger partial charge in [-0.1, -0.05) is 18.2 Å². The molecule has 5 rings (SSSR count). The van der Waals surface area contributed by atoms with Gasteiger partial charge in [-0.25, -0.2) is 0 Å². The fraction of sp³-hybridized carbons (Fsp3) is 0.444. The molecule has 1 aliphatic heterocycles. The predicted molar refractivity (Wildman–Crippen MR) is 136 cm³/mol. The molecule has 0 saturated carbocycles. The third-order valence-electron chi connectivity index (χ3n) is 7.82. The maximum absolute atomic E-state index is 13.6. The smallest absolute Gasteiger partial charge is 0.198 e. The molecule has 1 heterocycles. The number of aliphatic hydroxyl groups excluding tert-OH is 1. The van der Waals surface area contributed by atoms with E-state index in [1.807, 2.05) is 0 Å². The van der Waals surface area contributed by atoms with Crippen LogP contribution in [0.15, 0.2) is 18.2 Å². The molecule has 38 heavy (non-hydrogen) atoms. The normalized spacial score (nSPS) is 30.1. The van der Waals surface area contributed by atoms with Crippen LogP contribution in [0.1, 0.15) is 81.3 Å². The molecule has 2 aromatic rings. The highest BCUT2D eigenvalue weighted by Crippen LogP contribution is 2.52. The number of carbonyl (C=O) groups is 3. The Kier molecular flexibility index (Phi) is 7.19. The third kappa shape index (κ3) is 4.12. The van der Waals surface area contributed by atoms with E-state index in [0.29, 0.717) is 5.56 Å². The van der Waals surface area contributed by atoms with E-state index in [1.165, 1.54) is 13.0 Å². The van der Waals surface area contributed by atoms with Crippen LogP contribution in [0.4, 0.5) is 0 Å². The molecule has 0 spiro atoms. The van der Waals surface area contributed by atoms with E-state index in [4.69, 9.17) is 15.2 Å². The summed E-state index contributed by atoms with van der Waals surface area (Å²) in [6, 6.07) is 4.08. The Labute approximate surface area is 224 Å². The lowest BCUT2D eigenvalue weighted by atomic mass is 9.71. The monoisotopic (exact) mass is 547 g/mol. The lowest BCUT2D eigenvalue weighted by Gasteiger charge is -2.42. The van der Waals surface area contributed by atoms with Crippen LogP contribution in [-0.4, -0.2) is 67.9 Å². The van der Waals surface area contributed by atoms with E-state index >= 15 is 0 Å². The quantitative estimate of drug-likeness (QED) is 0.303. The average molecular weight is 548 g/mol. The number of fused-ring (bicyclic) bond motifs is 3. The van der Waals surface area contributed by atoms with Crippen LogP contribution in [0.2, 0.25) is 0 Å². The van der Waals surface area contributed by atoms with Crippen LogP contribution < -0.4 is 5.73 Å². The lowest BCUT2D eigenvalue weighted by molar-refractivity contribution is -0.247. The Balaban J connectivity index is 0.00000336. The number of ketones is 3. The highest BCUT2D eigenvalue weighted by atomic mass is 35.5. The molecular formula is C27H30ClNO9. The number of rotatable bonds is 3. The summed E-state index contributed by atoms with van der Waals surface area (Å²) in [5.74, 6) is -3.03. The summed E-state index contributed by atoms with van der Waals surface area (Å²) in [5.41, 5.74) is 4.00. The Morgan fingerprint density at radius 3 is 2.42 bits per heavy atom. The molecule has 0 aromatic heterocycles. The number of phenolic OH excluding ortho intramolecular Hbond substituents is 2. The van der Waals surface area contributed by atoms with Crippen molar-refractivity contribution in [2.24, 2.45) is 5.73 Å². The number of hydrogen-bond acceptors (Lipinski definition) is 10. The zero-order valence-electron chi connectivity index (χ0n) is 21.1. The van der Waals surface area contributed by atoms with Crippen LogP contribution in [0.5, 0.6) is 11.5 Å². The summed E-state index contributed by atoms with van der Waals surface area (Å²) in [7, 11) is 0. The first-order valence-corrected chi connectivity index (χ1v) is 12.1. The molecule has 10 nitrogen and oxygen atoms in total. The van der Waals surface area contributed by atoms with Crippen molar-refractivity contribution < 1.29 is 44.3 Å².